The van der Waals surface area contributed by atoms with Crippen molar-refractivity contribution < 1.29 is 13.9 Å². The van der Waals surface area contributed by atoms with Gasteiger partial charge in [0, 0.05) is 24.2 Å². The minimum Gasteiger partial charge on any atom is -0.497 e. The van der Waals surface area contributed by atoms with Crippen LogP contribution in [0.15, 0.2) is 54.6 Å². The zero-order valence-electron chi connectivity index (χ0n) is 13.6. The zero-order valence-corrected chi connectivity index (χ0v) is 13.6. The summed E-state index contributed by atoms with van der Waals surface area (Å²) < 4.78 is 18.8. The summed E-state index contributed by atoms with van der Waals surface area (Å²) in [6, 6.07) is 14.4. The van der Waals surface area contributed by atoms with E-state index in [-0.39, 0.29) is 17.8 Å². The van der Waals surface area contributed by atoms with Crippen molar-refractivity contribution in [1.82, 2.24) is 4.90 Å². The van der Waals surface area contributed by atoms with E-state index in [2.05, 4.69) is 0 Å². The summed E-state index contributed by atoms with van der Waals surface area (Å²) >= 11 is 0. The third kappa shape index (κ3) is 4.02. The maximum absolute atomic E-state index is 13.6. The van der Waals surface area contributed by atoms with Crippen LogP contribution in [0.2, 0.25) is 0 Å². The van der Waals surface area contributed by atoms with Crippen molar-refractivity contribution in [1.29, 1.82) is 0 Å². The van der Waals surface area contributed by atoms with Gasteiger partial charge in [-0.25, -0.2) is 4.39 Å². The van der Waals surface area contributed by atoms with Crippen molar-refractivity contribution in [3.8, 4) is 5.75 Å². The molecule has 1 aliphatic rings. The summed E-state index contributed by atoms with van der Waals surface area (Å²) in [4.78, 5) is 14.4. The zero-order chi connectivity index (χ0) is 16.9. The fourth-order valence-corrected chi connectivity index (χ4v) is 2.57. The van der Waals surface area contributed by atoms with Crippen molar-refractivity contribution in [2.75, 3.05) is 7.11 Å². The molecule has 0 spiro atoms. The van der Waals surface area contributed by atoms with Crippen molar-refractivity contribution in [2.45, 2.75) is 25.4 Å². The van der Waals surface area contributed by atoms with E-state index >= 15 is 0 Å². The lowest BCUT2D eigenvalue weighted by Crippen LogP contribution is -2.31. The molecule has 0 heterocycles. The van der Waals surface area contributed by atoms with Gasteiger partial charge < -0.3 is 9.64 Å². The molecule has 0 aromatic heterocycles. The number of hydrogen-bond acceptors (Lipinski definition) is 2. The second-order valence-corrected chi connectivity index (χ2v) is 5.90. The number of amides is 1. The van der Waals surface area contributed by atoms with Crippen molar-refractivity contribution >= 4 is 12.0 Å². The Labute approximate surface area is 141 Å². The lowest BCUT2D eigenvalue weighted by molar-refractivity contribution is -0.127. The van der Waals surface area contributed by atoms with Crippen molar-refractivity contribution in [3.05, 3.63) is 71.6 Å². The third-order valence-electron chi connectivity index (χ3n) is 4.09. The lowest BCUT2D eigenvalue weighted by atomic mass is 10.1. The molecule has 1 saturated carbocycles. The summed E-state index contributed by atoms with van der Waals surface area (Å²) in [5.74, 6) is 0.383. The second kappa shape index (κ2) is 7.30. The second-order valence-electron chi connectivity index (χ2n) is 5.90. The van der Waals surface area contributed by atoms with E-state index < -0.39 is 0 Å². The molecule has 24 heavy (non-hydrogen) atoms. The first kappa shape index (κ1) is 16.2. The Morgan fingerprint density at radius 1 is 1.21 bits per heavy atom. The Morgan fingerprint density at radius 3 is 2.54 bits per heavy atom. The Bertz CT molecular complexity index is 736. The summed E-state index contributed by atoms with van der Waals surface area (Å²) in [7, 11) is 1.63. The molecule has 0 radical (unpaired) electrons. The number of halogens is 1. The first-order valence-electron chi connectivity index (χ1n) is 8.03. The van der Waals surface area contributed by atoms with Crippen LogP contribution in [0.1, 0.15) is 24.0 Å². The molecule has 1 amide bonds. The van der Waals surface area contributed by atoms with Crippen LogP contribution < -0.4 is 4.74 Å². The summed E-state index contributed by atoms with van der Waals surface area (Å²) in [5, 5.41) is 0. The van der Waals surface area contributed by atoms with Crippen LogP contribution in [0.25, 0.3) is 6.08 Å². The largest absolute Gasteiger partial charge is 0.497 e. The highest BCUT2D eigenvalue weighted by Gasteiger charge is 2.31. The van der Waals surface area contributed by atoms with Gasteiger partial charge in [0.25, 0.3) is 0 Å². The molecule has 0 aliphatic heterocycles. The van der Waals surface area contributed by atoms with Crippen LogP contribution in [0, 0.1) is 5.82 Å². The summed E-state index contributed by atoms with van der Waals surface area (Å²) in [5.41, 5.74) is 1.47. The summed E-state index contributed by atoms with van der Waals surface area (Å²) in [6.07, 6.45) is 5.05. The van der Waals surface area contributed by atoms with E-state index in [9.17, 15) is 9.18 Å². The standard InChI is InChI=1S/C20H20FNO2/c1-24-18-11-6-15(7-12-18)14-22(17-9-10-17)20(23)13-8-16-4-2-3-5-19(16)21/h2-8,11-13,17H,9-10,14H2,1H3/b13-8+. The van der Waals surface area contributed by atoms with Crippen molar-refractivity contribution in [2.24, 2.45) is 0 Å². The van der Waals surface area contributed by atoms with Crippen LogP contribution in [0.4, 0.5) is 4.39 Å². The van der Waals surface area contributed by atoms with Crippen LogP contribution in [0.3, 0.4) is 0 Å². The van der Waals surface area contributed by atoms with E-state index in [4.69, 9.17) is 4.74 Å². The average Bonchev–Trinajstić information content (AvgIpc) is 3.44. The van der Waals surface area contributed by atoms with Crippen LogP contribution in [-0.4, -0.2) is 24.0 Å². The first-order valence-corrected chi connectivity index (χ1v) is 8.03. The molecular formula is C20H20FNO2. The van der Waals surface area contributed by atoms with E-state index in [0.29, 0.717) is 12.1 Å². The predicted molar refractivity (Wildman–Crippen MR) is 92.0 cm³/mol. The van der Waals surface area contributed by atoms with Gasteiger partial charge in [-0.15, -0.1) is 0 Å². The van der Waals surface area contributed by atoms with Gasteiger partial charge in [-0.2, -0.15) is 0 Å². The Hall–Kier alpha value is -2.62. The van der Waals surface area contributed by atoms with Crippen LogP contribution >= 0.6 is 0 Å². The Morgan fingerprint density at radius 2 is 1.92 bits per heavy atom. The minimum atomic E-state index is -0.324. The topological polar surface area (TPSA) is 29.5 Å². The fraction of sp³-hybridized carbons (Fsp3) is 0.250. The number of hydrogen-bond donors (Lipinski definition) is 0. The highest BCUT2D eigenvalue weighted by Crippen LogP contribution is 2.29. The van der Waals surface area contributed by atoms with Gasteiger partial charge >= 0.3 is 0 Å². The quantitative estimate of drug-likeness (QED) is 0.750. The first-order chi connectivity index (χ1) is 11.7. The van der Waals surface area contributed by atoms with E-state index in [1.165, 1.54) is 12.1 Å². The molecular weight excluding hydrogens is 305 g/mol. The SMILES string of the molecule is COc1ccc(CN(C(=O)/C=C/c2ccccc2F)C2CC2)cc1. The number of ether oxygens (including phenoxy) is 1. The maximum atomic E-state index is 13.6. The van der Waals surface area contributed by atoms with Crippen molar-refractivity contribution in [3.63, 3.8) is 0 Å². The highest BCUT2D eigenvalue weighted by molar-refractivity contribution is 5.92. The molecule has 0 bridgehead atoms. The number of benzene rings is 2. The molecule has 0 N–H and O–H groups in total. The van der Waals surface area contributed by atoms with Gasteiger partial charge in [-0.05, 0) is 42.7 Å². The third-order valence-corrected chi connectivity index (χ3v) is 4.09. The molecule has 2 aromatic carbocycles. The average molecular weight is 325 g/mol. The van der Waals surface area contributed by atoms with E-state index in [1.54, 1.807) is 31.4 Å². The van der Waals surface area contributed by atoms with E-state index in [0.717, 1.165) is 24.2 Å². The van der Waals surface area contributed by atoms with Gasteiger partial charge in [0.2, 0.25) is 5.91 Å². The number of rotatable bonds is 6. The molecule has 0 saturated heterocycles. The van der Waals surface area contributed by atoms with Crippen LogP contribution in [-0.2, 0) is 11.3 Å². The smallest absolute Gasteiger partial charge is 0.247 e. The predicted octanol–water partition coefficient (Wildman–Crippen LogP) is 4.04. The molecule has 0 unspecified atom stereocenters. The van der Waals surface area contributed by atoms with E-state index in [1.807, 2.05) is 29.2 Å². The van der Waals surface area contributed by atoms with Gasteiger partial charge in [0.15, 0.2) is 0 Å². The Kier molecular flexibility index (Phi) is 4.94. The molecule has 3 rings (SSSR count). The molecule has 1 aliphatic carbocycles. The monoisotopic (exact) mass is 325 g/mol. The number of carbonyl (C=O) groups excluding carboxylic acids is 1. The summed E-state index contributed by atoms with van der Waals surface area (Å²) in [6.45, 7) is 0.551. The number of nitrogens with zero attached hydrogens (tertiary/aromatic N) is 1. The van der Waals surface area contributed by atoms with Gasteiger partial charge in [0.05, 0.1) is 7.11 Å². The minimum absolute atomic E-state index is 0.0865. The normalized spacial score (nSPS) is 13.9. The van der Waals surface area contributed by atoms with Gasteiger partial charge in [-0.3, -0.25) is 4.79 Å². The lowest BCUT2D eigenvalue weighted by Gasteiger charge is -2.21. The molecule has 4 heteroatoms. The molecule has 1 fully saturated rings. The van der Waals surface area contributed by atoms with Gasteiger partial charge in [-0.1, -0.05) is 30.3 Å². The fourth-order valence-electron chi connectivity index (χ4n) is 2.57. The molecule has 124 valence electrons. The maximum Gasteiger partial charge on any atom is 0.247 e. The number of carbonyl (C=O) groups is 1. The van der Waals surface area contributed by atoms with Crippen LogP contribution in [0.5, 0.6) is 5.75 Å². The molecule has 2 aromatic rings. The Balaban J connectivity index is 1.70. The molecule has 3 nitrogen and oxygen atoms in total. The number of methoxy groups -OCH3 is 1. The van der Waals surface area contributed by atoms with Gasteiger partial charge in [0.1, 0.15) is 11.6 Å². The molecule has 0 atom stereocenters. The highest BCUT2D eigenvalue weighted by atomic mass is 19.1.